The van der Waals surface area contributed by atoms with Crippen molar-refractivity contribution in [1.82, 2.24) is 9.97 Å². The van der Waals surface area contributed by atoms with Gasteiger partial charge >= 0.3 is 0 Å². The molecule has 2 N–H and O–H groups in total. The largest absolute Gasteiger partial charge is 0.506 e. The summed E-state index contributed by atoms with van der Waals surface area (Å²) < 4.78 is 0. The number of nitrogens with zero attached hydrogens (tertiary/aromatic N) is 2. The Labute approximate surface area is 168 Å². The number of aromatic hydroxyl groups is 2. The number of aryl methyl sites for hydroxylation is 1. The molecule has 0 aliphatic rings. The zero-order valence-electron chi connectivity index (χ0n) is 15.3. The maximum Gasteiger partial charge on any atom is 0.145 e. The van der Waals surface area contributed by atoms with Crippen LogP contribution in [0.5, 0.6) is 11.5 Å². The first kappa shape index (κ1) is 18.3. The van der Waals surface area contributed by atoms with Crippen LogP contribution in [0.1, 0.15) is 28.4 Å². The van der Waals surface area contributed by atoms with Crippen molar-refractivity contribution in [3.8, 4) is 11.5 Å². The number of hydrogen-bond acceptors (Lipinski definition) is 4. The summed E-state index contributed by atoms with van der Waals surface area (Å²) in [6, 6.07) is 18.5. The number of halogens is 1. The summed E-state index contributed by atoms with van der Waals surface area (Å²) in [7, 11) is 0. The van der Waals surface area contributed by atoms with Crippen LogP contribution in [0.15, 0.2) is 66.9 Å². The fourth-order valence-electron chi connectivity index (χ4n) is 3.45. The van der Waals surface area contributed by atoms with Crippen LogP contribution >= 0.6 is 11.6 Å². The molecule has 0 saturated heterocycles. The number of rotatable bonds is 4. The van der Waals surface area contributed by atoms with Gasteiger partial charge in [0.1, 0.15) is 17.0 Å². The van der Waals surface area contributed by atoms with Crippen LogP contribution < -0.4 is 0 Å². The van der Waals surface area contributed by atoms with E-state index in [-0.39, 0.29) is 17.4 Å². The quantitative estimate of drug-likeness (QED) is 0.491. The molecule has 0 saturated carbocycles. The van der Waals surface area contributed by atoms with Gasteiger partial charge in [0, 0.05) is 40.2 Å². The van der Waals surface area contributed by atoms with E-state index in [4.69, 9.17) is 11.6 Å². The van der Waals surface area contributed by atoms with Crippen LogP contribution in [-0.2, 0) is 6.42 Å². The smallest absolute Gasteiger partial charge is 0.145 e. The monoisotopic (exact) mass is 390 g/mol. The lowest BCUT2D eigenvalue weighted by molar-refractivity contribution is 0.457. The molecule has 140 valence electrons. The molecule has 5 heteroatoms. The van der Waals surface area contributed by atoms with Crippen LogP contribution in [0.3, 0.4) is 0 Å². The minimum absolute atomic E-state index is 0.135. The first-order chi connectivity index (χ1) is 13.5. The van der Waals surface area contributed by atoms with Crippen molar-refractivity contribution in [1.29, 1.82) is 0 Å². The molecule has 0 radical (unpaired) electrons. The number of phenols is 1. The third-order valence-electron chi connectivity index (χ3n) is 4.92. The molecule has 4 nitrogen and oxygen atoms in total. The summed E-state index contributed by atoms with van der Waals surface area (Å²) in [6.45, 7) is 1.90. The van der Waals surface area contributed by atoms with E-state index in [1.165, 1.54) is 0 Å². The lowest BCUT2D eigenvalue weighted by Crippen LogP contribution is -2.07. The molecule has 0 aliphatic carbocycles. The SMILES string of the molecule is Cc1ccc2ccc(C(Cc3ncccc3O)c3ccc(Cl)cc3)c(O)c2n1. The molecule has 1 unspecified atom stereocenters. The standard InChI is InChI=1S/C23H19ClN2O2/c1-14-4-5-16-8-11-18(23(28)22(16)26-14)19(15-6-9-17(24)10-7-15)13-20-21(27)3-2-12-25-20/h2-12,19,27-28H,13H2,1H3. The van der Waals surface area contributed by atoms with Gasteiger partial charge in [0.15, 0.2) is 0 Å². The van der Waals surface area contributed by atoms with Gasteiger partial charge in [0.05, 0.1) is 5.69 Å². The van der Waals surface area contributed by atoms with Gasteiger partial charge in [0.25, 0.3) is 0 Å². The molecule has 2 aromatic carbocycles. The second-order valence-corrected chi connectivity index (χ2v) is 7.24. The van der Waals surface area contributed by atoms with Gasteiger partial charge in [-0.25, -0.2) is 4.98 Å². The third kappa shape index (κ3) is 3.51. The van der Waals surface area contributed by atoms with Crippen LogP contribution in [0.4, 0.5) is 0 Å². The molecule has 0 amide bonds. The highest BCUT2D eigenvalue weighted by Crippen LogP contribution is 2.38. The Hall–Kier alpha value is -3.11. The molecule has 2 aromatic heterocycles. The summed E-state index contributed by atoms with van der Waals surface area (Å²) in [5.74, 6) is 0.0667. The maximum absolute atomic E-state index is 11.0. The van der Waals surface area contributed by atoms with E-state index >= 15 is 0 Å². The van der Waals surface area contributed by atoms with Gasteiger partial charge in [-0.1, -0.05) is 41.9 Å². The minimum Gasteiger partial charge on any atom is -0.506 e. The molecule has 4 rings (SSSR count). The van der Waals surface area contributed by atoms with E-state index < -0.39 is 0 Å². The predicted octanol–water partition coefficient (Wildman–Crippen LogP) is 5.38. The van der Waals surface area contributed by atoms with E-state index in [0.717, 1.165) is 22.2 Å². The van der Waals surface area contributed by atoms with E-state index in [2.05, 4.69) is 9.97 Å². The fourth-order valence-corrected chi connectivity index (χ4v) is 3.58. The summed E-state index contributed by atoms with van der Waals surface area (Å²) in [5, 5.41) is 22.8. The Bertz CT molecular complexity index is 1140. The summed E-state index contributed by atoms with van der Waals surface area (Å²) in [6.07, 6.45) is 2.08. The average molecular weight is 391 g/mol. The second-order valence-electron chi connectivity index (χ2n) is 6.81. The van der Waals surface area contributed by atoms with E-state index in [1.54, 1.807) is 18.3 Å². The Balaban J connectivity index is 1.87. The number of fused-ring (bicyclic) bond motifs is 1. The number of pyridine rings is 2. The summed E-state index contributed by atoms with van der Waals surface area (Å²) >= 11 is 6.06. The minimum atomic E-state index is -0.218. The van der Waals surface area contributed by atoms with Gasteiger partial charge in [-0.15, -0.1) is 0 Å². The highest BCUT2D eigenvalue weighted by atomic mass is 35.5. The van der Waals surface area contributed by atoms with Gasteiger partial charge in [-0.3, -0.25) is 4.98 Å². The molecule has 1 atom stereocenters. The van der Waals surface area contributed by atoms with Gasteiger partial charge < -0.3 is 10.2 Å². The van der Waals surface area contributed by atoms with E-state index in [1.807, 2.05) is 55.5 Å². The van der Waals surface area contributed by atoms with Crippen molar-refractivity contribution in [2.45, 2.75) is 19.3 Å². The van der Waals surface area contributed by atoms with Crippen LogP contribution in [0.25, 0.3) is 10.9 Å². The Morgan fingerprint density at radius 3 is 2.46 bits per heavy atom. The molecular formula is C23H19ClN2O2. The third-order valence-corrected chi connectivity index (χ3v) is 5.17. The van der Waals surface area contributed by atoms with Crippen molar-refractivity contribution >= 4 is 22.5 Å². The Kier molecular flexibility index (Phi) is 4.88. The van der Waals surface area contributed by atoms with Crippen LogP contribution in [0.2, 0.25) is 5.02 Å². The fraction of sp³-hybridized carbons (Fsp3) is 0.130. The highest BCUT2D eigenvalue weighted by Gasteiger charge is 2.22. The van der Waals surface area contributed by atoms with Crippen LogP contribution in [0, 0.1) is 6.92 Å². The maximum atomic E-state index is 11.0. The predicted molar refractivity (Wildman–Crippen MR) is 111 cm³/mol. The molecule has 2 heterocycles. The number of hydrogen-bond donors (Lipinski definition) is 2. The van der Waals surface area contributed by atoms with Gasteiger partial charge in [0.2, 0.25) is 0 Å². The topological polar surface area (TPSA) is 66.2 Å². The summed E-state index contributed by atoms with van der Waals surface area (Å²) in [4.78, 5) is 8.83. The van der Waals surface area contributed by atoms with Crippen molar-refractivity contribution in [3.05, 3.63) is 94.4 Å². The Morgan fingerprint density at radius 2 is 1.71 bits per heavy atom. The first-order valence-corrected chi connectivity index (χ1v) is 9.38. The van der Waals surface area contributed by atoms with Crippen molar-refractivity contribution in [2.75, 3.05) is 0 Å². The molecule has 4 aromatic rings. The molecule has 0 spiro atoms. The van der Waals surface area contributed by atoms with Gasteiger partial charge in [-0.05, 0) is 42.8 Å². The zero-order valence-corrected chi connectivity index (χ0v) is 16.1. The first-order valence-electron chi connectivity index (χ1n) is 9.00. The van der Waals surface area contributed by atoms with Crippen molar-refractivity contribution < 1.29 is 10.2 Å². The average Bonchev–Trinajstić information content (AvgIpc) is 2.69. The lowest BCUT2D eigenvalue weighted by atomic mass is 9.86. The number of aromatic nitrogens is 2. The second kappa shape index (κ2) is 7.49. The molecule has 0 bridgehead atoms. The normalized spacial score (nSPS) is 12.2. The molecular weight excluding hydrogens is 372 g/mol. The highest BCUT2D eigenvalue weighted by molar-refractivity contribution is 6.30. The number of benzene rings is 2. The number of phenolic OH excluding ortho intramolecular Hbond substituents is 1. The lowest BCUT2D eigenvalue weighted by Gasteiger charge is -2.20. The molecule has 28 heavy (non-hydrogen) atoms. The van der Waals surface area contributed by atoms with E-state index in [9.17, 15) is 10.2 Å². The van der Waals surface area contributed by atoms with Crippen molar-refractivity contribution in [2.24, 2.45) is 0 Å². The van der Waals surface area contributed by atoms with E-state index in [0.29, 0.717) is 22.7 Å². The molecule has 0 aliphatic heterocycles. The van der Waals surface area contributed by atoms with Gasteiger partial charge in [-0.2, -0.15) is 0 Å². The molecule has 0 fully saturated rings. The zero-order chi connectivity index (χ0) is 19.7. The van der Waals surface area contributed by atoms with Crippen molar-refractivity contribution in [3.63, 3.8) is 0 Å². The Morgan fingerprint density at radius 1 is 0.964 bits per heavy atom. The summed E-state index contributed by atoms with van der Waals surface area (Å²) in [5.41, 5.74) is 3.68. The van der Waals surface area contributed by atoms with Crippen LogP contribution in [-0.4, -0.2) is 20.2 Å².